The maximum Gasteiger partial charge on any atom is 0.255 e. The third kappa shape index (κ3) is 5.20. The van der Waals surface area contributed by atoms with E-state index in [2.05, 4.69) is 20.2 Å². The fourth-order valence-electron chi connectivity index (χ4n) is 3.89. The number of hydrogen-bond acceptors (Lipinski definition) is 8. The van der Waals surface area contributed by atoms with Gasteiger partial charge in [-0.15, -0.1) is 11.3 Å². The van der Waals surface area contributed by atoms with Gasteiger partial charge in [0.05, 0.1) is 35.5 Å². The molecule has 1 fully saturated rings. The van der Waals surface area contributed by atoms with Gasteiger partial charge in [-0.2, -0.15) is 0 Å². The highest BCUT2D eigenvalue weighted by atomic mass is 32.1. The SMILES string of the molecule is COCCCCN1CCN(C(=O)c2cnc3c(c2)N(Cc2cscn2)C(=O)CN3)CC1. The van der Waals surface area contributed by atoms with Gasteiger partial charge in [-0.25, -0.2) is 9.97 Å². The molecule has 1 saturated heterocycles. The van der Waals surface area contributed by atoms with Crippen LogP contribution in [0.25, 0.3) is 0 Å². The fraction of sp³-hybridized carbons (Fsp3) is 0.524. The van der Waals surface area contributed by atoms with E-state index < -0.39 is 0 Å². The first-order valence-electron chi connectivity index (χ1n) is 10.6. The molecule has 0 aliphatic carbocycles. The summed E-state index contributed by atoms with van der Waals surface area (Å²) in [5, 5.41) is 4.96. The maximum atomic E-state index is 13.1. The number of thiazole rings is 1. The van der Waals surface area contributed by atoms with Gasteiger partial charge in [0.2, 0.25) is 5.91 Å². The van der Waals surface area contributed by atoms with E-state index >= 15 is 0 Å². The van der Waals surface area contributed by atoms with Crippen molar-refractivity contribution in [2.75, 3.05) is 63.2 Å². The number of amides is 2. The molecule has 0 atom stereocenters. The van der Waals surface area contributed by atoms with E-state index in [9.17, 15) is 9.59 Å². The summed E-state index contributed by atoms with van der Waals surface area (Å²) in [4.78, 5) is 40.3. The van der Waals surface area contributed by atoms with E-state index in [1.165, 1.54) is 11.3 Å². The third-order valence-electron chi connectivity index (χ3n) is 5.65. The maximum absolute atomic E-state index is 13.1. The van der Waals surface area contributed by atoms with Crippen LogP contribution in [0.5, 0.6) is 0 Å². The summed E-state index contributed by atoms with van der Waals surface area (Å²) in [6, 6.07) is 1.78. The van der Waals surface area contributed by atoms with Crippen molar-refractivity contribution in [3.05, 3.63) is 34.4 Å². The van der Waals surface area contributed by atoms with Crippen molar-refractivity contribution in [3.63, 3.8) is 0 Å². The van der Waals surface area contributed by atoms with Crippen molar-refractivity contribution in [1.82, 2.24) is 19.8 Å². The largest absolute Gasteiger partial charge is 0.385 e. The molecule has 166 valence electrons. The molecule has 4 rings (SSSR count). The number of anilines is 2. The van der Waals surface area contributed by atoms with Crippen LogP contribution in [0, 0.1) is 0 Å². The van der Waals surface area contributed by atoms with E-state index in [0.29, 0.717) is 36.7 Å². The first kappa shape index (κ1) is 21.7. The number of aromatic nitrogens is 2. The summed E-state index contributed by atoms with van der Waals surface area (Å²) in [5.74, 6) is 0.516. The average molecular weight is 445 g/mol. The fourth-order valence-corrected chi connectivity index (χ4v) is 4.44. The van der Waals surface area contributed by atoms with E-state index in [4.69, 9.17) is 4.74 Å². The topological polar surface area (TPSA) is 90.9 Å². The Morgan fingerprint density at radius 2 is 2.06 bits per heavy atom. The number of fused-ring (bicyclic) bond motifs is 1. The summed E-state index contributed by atoms with van der Waals surface area (Å²) in [5.41, 5.74) is 3.71. The van der Waals surface area contributed by atoms with Gasteiger partial charge < -0.3 is 19.9 Å². The van der Waals surface area contributed by atoms with E-state index in [-0.39, 0.29) is 18.4 Å². The lowest BCUT2D eigenvalue weighted by Gasteiger charge is -2.35. The van der Waals surface area contributed by atoms with Gasteiger partial charge in [0.1, 0.15) is 0 Å². The quantitative estimate of drug-likeness (QED) is 0.620. The molecule has 0 unspecified atom stereocenters. The number of carbonyl (C=O) groups excluding carboxylic acids is 2. The van der Waals surface area contributed by atoms with E-state index in [1.54, 1.807) is 29.8 Å². The Labute approximate surface area is 186 Å². The monoisotopic (exact) mass is 444 g/mol. The van der Waals surface area contributed by atoms with Crippen molar-refractivity contribution >= 4 is 34.7 Å². The number of rotatable bonds is 8. The molecule has 2 amide bonds. The van der Waals surface area contributed by atoms with Gasteiger partial charge in [0, 0.05) is 51.5 Å². The number of unbranched alkanes of at least 4 members (excludes halogenated alkanes) is 1. The second-order valence-electron chi connectivity index (χ2n) is 7.74. The lowest BCUT2D eigenvalue weighted by molar-refractivity contribution is -0.117. The van der Waals surface area contributed by atoms with Crippen molar-refractivity contribution in [1.29, 1.82) is 0 Å². The van der Waals surface area contributed by atoms with Gasteiger partial charge in [-0.3, -0.25) is 14.5 Å². The molecule has 0 aromatic carbocycles. The smallest absolute Gasteiger partial charge is 0.255 e. The highest BCUT2D eigenvalue weighted by Gasteiger charge is 2.28. The summed E-state index contributed by atoms with van der Waals surface area (Å²) in [7, 11) is 1.73. The molecule has 2 aliphatic rings. The molecular formula is C21H28N6O3S. The summed E-state index contributed by atoms with van der Waals surface area (Å²) in [6.45, 7) is 5.51. The first-order valence-corrected chi connectivity index (χ1v) is 11.5. The predicted octanol–water partition coefficient (Wildman–Crippen LogP) is 1.68. The zero-order chi connectivity index (χ0) is 21.6. The molecule has 2 aromatic heterocycles. The van der Waals surface area contributed by atoms with Gasteiger partial charge in [0.15, 0.2) is 5.82 Å². The lowest BCUT2D eigenvalue weighted by atomic mass is 10.1. The molecule has 2 aromatic rings. The Bertz CT molecular complexity index is 899. The van der Waals surface area contributed by atoms with Gasteiger partial charge in [0.25, 0.3) is 5.91 Å². The Morgan fingerprint density at radius 3 is 2.81 bits per heavy atom. The molecule has 0 radical (unpaired) electrons. The molecule has 10 heteroatoms. The van der Waals surface area contributed by atoms with Gasteiger partial charge >= 0.3 is 0 Å². The van der Waals surface area contributed by atoms with Crippen molar-refractivity contribution in [2.24, 2.45) is 0 Å². The summed E-state index contributed by atoms with van der Waals surface area (Å²) >= 11 is 1.49. The minimum Gasteiger partial charge on any atom is -0.385 e. The highest BCUT2D eigenvalue weighted by Crippen LogP contribution is 2.30. The van der Waals surface area contributed by atoms with Gasteiger partial charge in [-0.05, 0) is 25.5 Å². The van der Waals surface area contributed by atoms with Crippen LogP contribution in [0.2, 0.25) is 0 Å². The molecule has 0 spiro atoms. The Balaban J connectivity index is 1.41. The summed E-state index contributed by atoms with van der Waals surface area (Å²) in [6.07, 6.45) is 3.76. The van der Waals surface area contributed by atoms with Crippen LogP contribution in [0.15, 0.2) is 23.2 Å². The average Bonchev–Trinajstić information content (AvgIpc) is 3.32. The Morgan fingerprint density at radius 1 is 1.23 bits per heavy atom. The number of nitrogens with one attached hydrogen (secondary N) is 1. The number of pyridine rings is 1. The van der Waals surface area contributed by atoms with Crippen LogP contribution in [0.4, 0.5) is 11.5 Å². The number of hydrogen-bond donors (Lipinski definition) is 1. The standard InChI is InChI=1S/C21H28N6O3S/c1-30-9-3-2-4-25-5-7-26(8-6-25)21(29)16-10-18-20(22-11-16)23-12-19(28)27(18)13-17-14-31-15-24-17/h10-11,14-15H,2-9,12-13H2,1H3,(H,22,23). The van der Waals surface area contributed by atoms with Crippen LogP contribution in [0.1, 0.15) is 28.9 Å². The Kier molecular flexibility index (Phi) is 7.10. The second-order valence-corrected chi connectivity index (χ2v) is 8.46. The molecule has 31 heavy (non-hydrogen) atoms. The zero-order valence-electron chi connectivity index (χ0n) is 17.7. The highest BCUT2D eigenvalue weighted by molar-refractivity contribution is 7.07. The molecule has 9 nitrogen and oxygen atoms in total. The number of nitrogens with zero attached hydrogens (tertiary/aromatic N) is 5. The predicted molar refractivity (Wildman–Crippen MR) is 119 cm³/mol. The number of ether oxygens (including phenoxy) is 1. The molecule has 2 aliphatic heterocycles. The van der Waals surface area contributed by atoms with Crippen molar-refractivity contribution in [2.45, 2.75) is 19.4 Å². The number of piperazine rings is 1. The van der Waals surface area contributed by atoms with E-state index in [1.807, 2.05) is 10.3 Å². The minimum atomic E-state index is -0.0611. The lowest BCUT2D eigenvalue weighted by Crippen LogP contribution is -2.49. The van der Waals surface area contributed by atoms with Crippen LogP contribution in [-0.2, 0) is 16.1 Å². The molecular weight excluding hydrogens is 416 g/mol. The van der Waals surface area contributed by atoms with Crippen LogP contribution >= 0.6 is 11.3 Å². The Hall–Kier alpha value is -2.56. The molecule has 1 N–H and O–H groups in total. The number of methoxy groups -OCH3 is 1. The van der Waals surface area contributed by atoms with E-state index in [0.717, 1.165) is 44.8 Å². The first-order chi connectivity index (χ1) is 15.2. The normalized spacial score (nSPS) is 16.9. The van der Waals surface area contributed by atoms with Crippen LogP contribution in [-0.4, -0.2) is 84.6 Å². The summed E-state index contributed by atoms with van der Waals surface area (Å²) < 4.78 is 5.10. The van der Waals surface area contributed by atoms with Gasteiger partial charge in [-0.1, -0.05) is 0 Å². The molecule has 4 heterocycles. The molecule has 0 saturated carbocycles. The van der Waals surface area contributed by atoms with Crippen LogP contribution in [0.3, 0.4) is 0 Å². The van der Waals surface area contributed by atoms with Crippen molar-refractivity contribution < 1.29 is 14.3 Å². The molecule has 0 bridgehead atoms. The second kappa shape index (κ2) is 10.2. The zero-order valence-corrected chi connectivity index (χ0v) is 18.6. The van der Waals surface area contributed by atoms with Crippen LogP contribution < -0.4 is 10.2 Å². The number of carbonyl (C=O) groups is 2. The van der Waals surface area contributed by atoms with Crippen molar-refractivity contribution in [3.8, 4) is 0 Å². The minimum absolute atomic E-state index is 0.0408. The third-order valence-corrected chi connectivity index (χ3v) is 6.28.